The van der Waals surface area contributed by atoms with Crippen LogP contribution in [0.5, 0.6) is 0 Å². The van der Waals surface area contributed by atoms with Crippen molar-refractivity contribution in [2.45, 2.75) is 46.2 Å². The lowest BCUT2D eigenvalue weighted by molar-refractivity contribution is -0.133. The average molecular weight is 330 g/mol. The molecule has 1 saturated heterocycles. The summed E-state index contributed by atoms with van der Waals surface area (Å²) in [7, 11) is 1.78. The highest BCUT2D eigenvalue weighted by Gasteiger charge is 2.27. The van der Waals surface area contributed by atoms with Crippen LogP contribution in [-0.4, -0.2) is 42.9 Å². The van der Waals surface area contributed by atoms with Crippen LogP contribution in [-0.2, 0) is 17.8 Å². The summed E-state index contributed by atoms with van der Waals surface area (Å²) >= 11 is 0. The van der Waals surface area contributed by atoms with E-state index in [1.54, 1.807) is 7.05 Å². The summed E-state index contributed by atoms with van der Waals surface area (Å²) in [5, 5.41) is 6.83. The van der Waals surface area contributed by atoms with Crippen molar-refractivity contribution in [2.24, 2.45) is 10.9 Å². The molecule has 5 heteroatoms. The number of amides is 1. The van der Waals surface area contributed by atoms with E-state index < -0.39 is 0 Å². The molecule has 1 fully saturated rings. The number of carbonyl (C=O) groups excluding carboxylic acids is 1. The Morgan fingerprint density at radius 1 is 1.33 bits per heavy atom. The SMILES string of the molecule is CCc1ccccc1CNC(=NC)NC1CCN(C(=O)C(C)C)C1. The van der Waals surface area contributed by atoms with Crippen molar-refractivity contribution in [3.05, 3.63) is 35.4 Å². The first kappa shape index (κ1) is 18.3. The Morgan fingerprint density at radius 3 is 2.67 bits per heavy atom. The molecular formula is C19H30N4O. The van der Waals surface area contributed by atoms with Crippen molar-refractivity contribution >= 4 is 11.9 Å². The lowest BCUT2D eigenvalue weighted by Gasteiger charge is -2.20. The molecule has 1 atom stereocenters. The molecule has 1 amide bonds. The number of hydrogen-bond acceptors (Lipinski definition) is 2. The van der Waals surface area contributed by atoms with Gasteiger partial charge in [0, 0.05) is 38.6 Å². The third kappa shape index (κ3) is 4.73. The Labute approximate surface area is 145 Å². The number of nitrogens with zero attached hydrogens (tertiary/aromatic N) is 2. The molecular weight excluding hydrogens is 300 g/mol. The zero-order chi connectivity index (χ0) is 17.5. The van der Waals surface area contributed by atoms with Gasteiger partial charge in [0.2, 0.25) is 5.91 Å². The van der Waals surface area contributed by atoms with Gasteiger partial charge in [-0.3, -0.25) is 9.79 Å². The fourth-order valence-electron chi connectivity index (χ4n) is 3.09. The summed E-state index contributed by atoms with van der Waals surface area (Å²) in [4.78, 5) is 18.3. The molecule has 1 aromatic carbocycles. The van der Waals surface area contributed by atoms with Crippen LogP contribution in [0.25, 0.3) is 0 Å². The van der Waals surface area contributed by atoms with Gasteiger partial charge in [0.1, 0.15) is 0 Å². The molecule has 2 N–H and O–H groups in total. The Bertz CT molecular complexity index is 582. The lowest BCUT2D eigenvalue weighted by atomic mass is 10.1. The zero-order valence-electron chi connectivity index (χ0n) is 15.3. The van der Waals surface area contributed by atoms with E-state index in [-0.39, 0.29) is 17.9 Å². The van der Waals surface area contributed by atoms with E-state index in [4.69, 9.17) is 0 Å². The highest BCUT2D eigenvalue weighted by molar-refractivity contribution is 5.81. The molecule has 0 aromatic heterocycles. The van der Waals surface area contributed by atoms with Crippen molar-refractivity contribution in [1.29, 1.82) is 0 Å². The molecule has 2 rings (SSSR count). The molecule has 1 aromatic rings. The molecule has 1 heterocycles. The molecule has 5 nitrogen and oxygen atoms in total. The number of rotatable bonds is 5. The van der Waals surface area contributed by atoms with Crippen LogP contribution in [0.1, 0.15) is 38.3 Å². The normalized spacial score (nSPS) is 18.1. The van der Waals surface area contributed by atoms with Crippen LogP contribution in [0.15, 0.2) is 29.3 Å². The van der Waals surface area contributed by atoms with Gasteiger partial charge in [-0.2, -0.15) is 0 Å². The minimum absolute atomic E-state index is 0.0618. The molecule has 0 bridgehead atoms. The molecule has 0 radical (unpaired) electrons. The van der Waals surface area contributed by atoms with E-state index in [0.717, 1.165) is 38.4 Å². The summed E-state index contributed by atoms with van der Waals surface area (Å²) in [5.41, 5.74) is 2.65. The first-order chi connectivity index (χ1) is 11.5. The minimum Gasteiger partial charge on any atom is -0.352 e. The number of nitrogens with one attached hydrogen (secondary N) is 2. The third-order valence-corrected chi connectivity index (χ3v) is 4.50. The average Bonchev–Trinajstić information content (AvgIpc) is 3.06. The minimum atomic E-state index is 0.0618. The van der Waals surface area contributed by atoms with Gasteiger partial charge in [0.25, 0.3) is 0 Å². The molecule has 0 saturated carbocycles. The van der Waals surface area contributed by atoms with Gasteiger partial charge in [0.15, 0.2) is 5.96 Å². The number of aryl methyl sites for hydroxylation is 1. The number of likely N-dealkylation sites (tertiary alicyclic amines) is 1. The second kappa shape index (κ2) is 8.71. The molecule has 1 aliphatic heterocycles. The fraction of sp³-hybridized carbons (Fsp3) is 0.579. The molecule has 0 spiro atoms. The Kier molecular flexibility index (Phi) is 6.64. The van der Waals surface area contributed by atoms with Crippen LogP contribution < -0.4 is 10.6 Å². The number of carbonyl (C=O) groups is 1. The first-order valence-electron chi connectivity index (χ1n) is 8.87. The lowest BCUT2D eigenvalue weighted by Crippen LogP contribution is -2.45. The first-order valence-corrected chi connectivity index (χ1v) is 8.87. The predicted molar refractivity (Wildman–Crippen MR) is 99.0 cm³/mol. The Morgan fingerprint density at radius 2 is 2.04 bits per heavy atom. The maximum absolute atomic E-state index is 12.1. The number of aliphatic imine (C=N–C) groups is 1. The largest absolute Gasteiger partial charge is 0.352 e. The van der Waals surface area contributed by atoms with Crippen LogP contribution in [0.4, 0.5) is 0 Å². The summed E-state index contributed by atoms with van der Waals surface area (Å²) in [6.07, 6.45) is 1.99. The van der Waals surface area contributed by atoms with Crippen LogP contribution >= 0.6 is 0 Å². The van der Waals surface area contributed by atoms with E-state index in [9.17, 15) is 4.79 Å². The smallest absolute Gasteiger partial charge is 0.225 e. The summed E-state index contributed by atoms with van der Waals surface area (Å²) in [5.74, 6) is 1.09. The second-order valence-electron chi connectivity index (χ2n) is 6.62. The quantitative estimate of drug-likeness (QED) is 0.643. The van der Waals surface area contributed by atoms with E-state index in [0.29, 0.717) is 0 Å². The van der Waals surface area contributed by atoms with Gasteiger partial charge in [-0.1, -0.05) is 45.0 Å². The second-order valence-corrected chi connectivity index (χ2v) is 6.62. The highest BCUT2D eigenvalue weighted by atomic mass is 16.2. The van der Waals surface area contributed by atoms with Crippen LogP contribution in [0, 0.1) is 5.92 Å². The van der Waals surface area contributed by atoms with Crippen LogP contribution in [0.3, 0.4) is 0 Å². The summed E-state index contributed by atoms with van der Waals surface area (Å²) in [6, 6.07) is 8.73. The van der Waals surface area contributed by atoms with E-state index in [1.165, 1.54) is 11.1 Å². The Hall–Kier alpha value is -2.04. The van der Waals surface area contributed by atoms with Gasteiger partial charge in [-0.25, -0.2) is 0 Å². The van der Waals surface area contributed by atoms with Crippen molar-refractivity contribution in [3.8, 4) is 0 Å². The van der Waals surface area contributed by atoms with Crippen molar-refractivity contribution in [1.82, 2.24) is 15.5 Å². The fourth-order valence-corrected chi connectivity index (χ4v) is 3.09. The number of hydrogen-bond donors (Lipinski definition) is 2. The maximum Gasteiger partial charge on any atom is 0.225 e. The van der Waals surface area contributed by atoms with Crippen molar-refractivity contribution < 1.29 is 4.79 Å². The van der Waals surface area contributed by atoms with Crippen LogP contribution in [0.2, 0.25) is 0 Å². The third-order valence-electron chi connectivity index (χ3n) is 4.50. The molecule has 24 heavy (non-hydrogen) atoms. The predicted octanol–water partition coefficient (Wildman–Crippen LogP) is 2.17. The van der Waals surface area contributed by atoms with Gasteiger partial charge in [-0.15, -0.1) is 0 Å². The van der Waals surface area contributed by atoms with E-state index >= 15 is 0 Å². The molecule has 1 aliphatic rings. The van der Waals surface area contributed by atoms with Gasteiger partial charge in [0.05, 0.1) is 0 Å². The van der Waals surface area contributed by atoms with Gasteiger partial charge >= 0.3 is 0 Å². The highest BCUT2D eigenvalue weighted by Crippen LogP contribution is 2.13. The molecule has 0 aliphatic carbocycles. The number of guanidine groups is 1. The summed E-state index contributed by atoms with van der Waals surface area (Å²) in [6.45, 7) is 8.41. The van der Waals surface area contributed by atoms with Gasteiger partial charge in [-0.05, 0) is 24.0 Å². The van der Waals surface area contributed by atoms with Gasteiger partial charge < -0.3 is 15.5 Å². The zero-order valence-corrected chi connectivity index (χ0v) is 15.3. The maximum atomic E-state index is 12.1. The molecule has 132 valence electrons. The number of benzene rings is 1. The van der Waals surface area contributed by atoms with E-state index in [1.807, 2.05) is 18.7 Å². The summed E-state index contributed by atoms with van der Waals surface area (Å²) < 4.78 is 0. The Balaban J connectivity index is 1.86. The standard InChI is InChI=1S/C19H30N4O/c1-5-15-8-6-7-9-16(15)12-21-19(20-4)22-17-10-11-23(13-17)18(24)14(2)3/h6-9,14,17H,5,10-13H2,1-4H3,(H2,20,21,22). The van der Waals surface area contributed by atoms with Crippen molar-refractivity contribution in [3.63, 3.8) is 0 Å². The van der Waals surface area contributed by atoms with Crippen molar-refractivity contribution in [2.75, 3.05) is 20.1 Å². The van der Waals surface area contributed by atoms with E-state index in [2.05, 4.69) is 46.8 Å². The molecule has 1 unspecified atom stereocenters. The topological polar surface area (TPSA) is 56.7 Å². The monoisotopic (exact) mass is 330 g/mol.